The zero-order valence-corrected chi connectivity index (χ0v) is 13.3. The van der Waals surface area contributed by atoms with Crippen LogP contribution in [-0.4, -0.2) is 44.1 Å². The molecule has 1 N–H and O–H groups in total. The molecule has 116 valence electrons. The third-order valence-corrected chi connectivity index (χ3v) is 3.69. The Balaban J connectivity index is 1.79. The molecule has 4 nitrogen and oxygen atoms in total. The van der Waals surface area contributed by atoms with Gasteiger partial charge in [-0.2, -0.15) is 0 Å². The van der Waals surface area contributed by atoms with Gasteiger partial charge < -0.3 is 15.0 Å². The largest absolute Gasteiger partial charge is 0.494 e. The van der Waals surface area contributed by atoms with Crippen molar-refractivity contribution in [3.05, 3.63) is 29.8 Å². The predicted octanol–water partition coefficient (Wildman–Crippen LogP) is 2.69. The zero-order chi connectivity index (χ0) is 14.9. The SMILES string of the molecule is CCCOc1cccc(CCNC(=NC)N2CCCC2)c1. The first-order chi connectivity index (χ1) is 10.3. The van der Waals surface area contributed by atoms with Crippen LogP contribution < -0.4 is 10.1 Å². The van der Waals surface area contributed by atoms with Crippen molar-refractivity contribution in [3.8, 4) is 5.75 Å². The molecule has 0 bridgehead atoms. The Labute approximate surface area is 128 Å². The Morgan fingerprint density at radius 1 is 1.33 bits per heavy atom. The minimum Gasteiger partial charge on any atom is -0.494 e. The summed E-state index contributed by atoms with van der Waals surface area (Å²) in [4.78, 5) is 6.70. The molecule has 0 unspecified atom stereocenters. The van der Waals surface area contributed by atoms with Gasteiger partial charge in [0.05, 0.1) is 6.61 Å². The second-order valence-corrected chi connectivity index (χ2v) is 5.41. The zero-order valence-electron chi connectivity index (χ0n) is 13.3. The van der Waals surface area contributed by atoms with Gasteiger partial charge in [0.25, 0.3) is 0 Å². The molecule has 1 fully saturated rings. The van der Waals surface area contributed by atoms with Crippen LogP contribution in [0.1, 0.15) is 31.7 Å². The van der Waals surface area contributed by atoms with E-state index < -0.39 is 0 Å². The molecule has 1 aromatic rings. The van der Waals surface area contributed by atoms with E-state index in [-0.39, 0.29) is 0 Å². The highest BCUT2D eigenvalue weighted by Gasteiger charge is 2.14. The number of ether oxygens (including phenoxy) is 1. The summed E-state index contributed by atoms with van der Waals surface area (Å²) < 4.78 is 5.67. The van der Waals surface area contributed by atoms with E-state index >= 15 is 0 Å². The Kier molecular flexibility index (Phi) is 6.38. The third-order valence-electron chi connectivity index (χ3n) is 3.69. The van der Waals surface area contributed by atoms with Gasteiger partial charge in [-0.05, 0) is 43.4 Å². The summed E-state index contributed by atoms with van der Waals surface area (Å²) in [6.07, 6.45) is 4.57. The highest BCUT2D eigenvalue weighted by molar-refractivity contribution is 5.80. The molecule has 1 aromatic carbocycles. The normalized spacial score (nSPS) is 15.3. The van der Waals surface area contributed by atoms with Gasteiger partial charge in [-0.3, -0.25) is 4.99 Å². The van der Waals surface area contributed by atoms with Crippen molar-refractivity contribution in [2.24, 2.45) is 4.99 Å². The molecule has 2 rings (SSSR count). The van der Waals surface area contributed by atoms with Crippen molar-refractivity contribution in [3.63, 3.8) is 0 Å². The summed E-state index contributed by atoms with van der Waals surface area (Å²) in [5, 5.41) is 3.46. The number of aliphatic imine (C=N–C) groups is 1. The van der Waals surface area contributed by atoms with Gasteiger partial charge in [0.2, 0.25) is 0 Å². The molecule has 0 saturated carbocycles. The minimum atomic E-state index is 0.781. The Hall–Kier alpha value is -1.71. The molecular weight excluding hydrogens is 262 g/mol. The smallest absolute Gasteiger partial charge is 0.193 e. The molecule has 4 heteroatoms. The van der Waals surface area contributed by atoms with E-state index in [2.05, 4.69) is 40.3 Å². The van der Waals surface area contributed by atoms with Crippen LogP contribution in [0, 0.1) is 0 Å². The van der Waals surface area contributed by atoms with Gasteiger partial charge in [0.1, 0.15) is 5.75 Å². The lowest BCUT2D eigenvalue weighted by Crippen LogP contribution is -2.40. The van der Waals surface area contributed by atoms with Gasteiger partial charge in [-0.15, -0.1) is 0 Å². The minimum absolute atomic E-state index is 0.781. The van der Waals surface area contributed by atoms with Gasteiger partial charge in [-0.25, -0.2) is 0 Å². The average Bonchev–Trinajstić information content (AvgIpc) is 3.04. The van der Waals surface area contributed by atoms with Crippen LogP contribution >= 0.6 is 0 Å². The number of benzene rings is 1. The fourth-order valence-corrected chi connectivity index (χ4v) is 2.59. The highest BCUT2D eigenvalue weighted by atomic mass is 16.5. The summed E-state index contributed by atoms with van der Waals surface area (Å²) in [6, 6.07) is 8.38. The molecule has 0 atom stereocenters. The van der Waals surface area contributed by atoms with E-state index in [0.717, 1.165) is 50.8 Å². The number of rotatable bonds is 6. The van der Waals surface area contributed by atoms with Crippen LogP contribution in [0.25, 0.3) is 0 Å². The maximum Gasteiger partial charge on any atom is 0.193 e. The van der Waals surface area contributed by atoms with Crippen LogP contribution in [0.5, 0.6) is 5.75 Å². The molecule has 1 aliphatic heterocycles. The second kappa shape index (κ2) is 8.55. The van der Waals surface area contributed by atoms with Crippen molar-refractivity contribution >= 4 is 5.96 Å². The van der Waals surface area contributed by atoms with Gasteiger partial charge >= 0.3 is 0 Å². The highest BCUT2D eigenvalue weighted by Crippen LogP contribution is 2.14. The number of likely N-dealkylation sites (tertiary alicyclic amines) is 1. The van der Waals surface area contributed by atoms with Gasteiger partial charge in [0, 0.05) is 26.7 Å². The third kappa shape index (κ3) is 4.96. The number of nitrogens with zero attached hydrogens (tertiary/aromatic N) is 2. The standard InChI is InChI=1S/C17H27N3O/c1-3-13-21-16-8-6-7-15(14-16)9-10-19-17(18-2)20-11-4-5-12-20/h6-8,14H,3-5,9-13H2,1-2H3,(H,18,19). The number of hydrogen-bond acceptors (Lipinski definition) is 2. The lowest BCUT2D eigenvalue weighted by atomic mass is 10.1. The Morgan fingerprint density at radius 3 is 2.86 bits per heavy atom. The lowest BCUT2D eigenvalue weighted by Gasteiger charge is -2.20. The number of guanidine groups is 1. The lowest BCUT2D eigenvalue weighted by molar-refractivity contribution is 0.317. The number of hydrogen-bond donors (Lipinski definition) is 1. The first kappa shape index (κ1) is 15.7. The first-order valence-corrected chi connectivity index (χ1v) is 8.01. The van der Waals surface area contributed by atoms with E-state index in [1.807, 2.05) is 13.1 Å². The Morgan fingerprint density at radius 2 is 2.14 bits per heavy atom. The fraction of sp³-hybridized carbons (Fsp3) is 0.588. The van der Waals surface area contributed by atoms with Gasteiger partial charge in [0.15, 0.2) is 5.96 Å². The molecular formula is C17H27N3O. The Bertz CT molecular complexity index is 453. The van der Waals surface area contributed by atoms with Crippen LogP contribution in [0.3, 0.4) is 0 Å². The van der Waals surface area contributed by atoms with Crippen LogP contribution in [0.4, 0.5) is 0 Å². The first-order valence-electron chi connectivity index (χ1n) is 8.01. The van der Waals surface area contributed by atoms with E-state index in [0.29, 0.717) is 0 Å². The molecule has 1 heterocycles. The monoisotopic (exact) mass is 289 g/mol. The van der Waals surface area contributed by atoms with Crippen molar-refractivity contribution in [2.45, 2.75) is 32.6 Å². The van der Waals surface area contributed by atoms with Crippen molar-refractivity contribution in [1.82, 2.24) is 10.2 Å². The summed E-state index contributed by atoms with van der Waals surface area (Å²) >= 11 is 0. The topological polar surface area (TPSA) is 36.9 Å². The second-order valence-electron chi connectivity index (χ2n) is 5.41. The summed E-state index contributed by atoms with van der Waals surface area (Å²) in [5.41, 5.74) is 1.30. The van der Waals surface area contributed by atoms with Crippen molar-refractivity contribution < 1.29 is 4.74 Å². The van der Waals surface area contributed by atoms with Crippen LogP contribution in [0.15, 0.2) is 29.3 Å². The molecule has 1 aliphatic rings. The van der Waals surface area contributed by atoms with E-state index in [4.69, 9.17) is 4.74 Å². The molecule has 21 heavy (non-hydrogen) atoms. The maximum absolute atomic E-state index is 5.67. The van der Waals surface area contributed by atoms with E-state index in [9.17, 15) is 0 Å². The predicted molar refractivity (Wildman–Crippen MR) is 88.1 cm³/mol. The fourth-order valence-electron chi connectivity index (χ4n) is 2.59. The van der Waals surface area contributed by atoms with Crippen LogP contribution in [-0.2, 0) is 6.42 Å². The molecule has 1 saturated heterocycles. The molecule has 0 amide bonds. The average molecular weight is 289 g/mol. The van der Waals surface area contributed by atoms with Crippen LogP contribution in [0.2, 0.25) is 0 Å². The quantitative estimate of drug-likeness (QED) is 0.646. The molecule has 0 radical (unpaired) electrons. The molecule has 0 spiro atoms. The van der Waals surface area contributed by atoms with E-state index in [1.165, 1.54) is 18.4 Å². The van der Waals surface area contributed by atoms with Crippen molar-refractivity contribution in [2.75, 3.05) is 33.3 Å². The van der Waals surface area contributed by atoms with Crippen molar-refractivity contribution in [1.29, 1.82) is 0 Å². The maximum atomic E-state index is 5.67. The summed E-state index contributed by atoms with van der Waals surface area (Å²) in [6.45, 7) is 6.06. The van der Waals surface area contributed by atoms with Gasteiger partial charge in [-0.1, -0.05) is 19.1 Å². The molecule has 0 aliphatic carbocycles. The van der Waals surface area contributed by atoms with E-state index in [1.54, 1.807) is 0 Å². The summed E-state index contributed by atoms with van der Waals surface area (Å²) in [7, 11) is 1.86. The number of nitrogens with one attached hydrogen (secondary N) is 1. The summed E-state index contributed by atoms with van der Waals surface area (Å²) in [5.74, 6) is 2.00. The molecule has 0 aromatic heterocycles.